The van der Waals surface area contributed by atoms with Crippen LogP contribution >= 0.6 is 0 Å². The summed E-state index contributed by atoms with van der Waals surface area (Å²) in [6.07, 6.45) is 1.19. The Labute approximate surface area is 122 Å². The molecule has 0 bridgehead atoms. The number of nitriles is 1. The van der Waals surface area contributed by atoms with Crippen LogP contribution in [0.2, 0.25) is 6.32 Å². The Morgan fingerprint density at radius 3 is 2.15 bits per heavy atom. The van der Waals surface area contributed by atoms with Gasteiger partial charge >= 0.3 is 7.12 Å². The number of nitrogens with zero attached hydrogens (tertiary/aromatic N) is 1. The van der Waals surface area contributed by atoms with Gasteiger partial charge in [0, 0.05) is 6.42 Å². The van der Waals surface area contributed by atoms with Gasteiger partial charge in [-0.1, -0.05) is 30.3 Å². The first-order valence-electron chi connectivity index (χ1n) is 7.13. The highest BCUT2D eigenvalue weighted by atomic mass is 16.7. The first-order valence-corrected chi connectivity index (χ1v) is 7.13. The van der Waals surface area contributed by atoms with Crippen LogP contribution in [-0.4, -0.2) is 18.3 Å². The number of benzene rings is 1. The fourth-order valence-corrected chi connectivity index (χ4v) is 2.47. The van der Waals surface area contributed by atoms with Gasteiger partial charge < -0.3 is 9.31 Å². The Bertz CT molecular complexity index is 477. The summed E-state index contributed by atoms with van der Waals surface area (Å²) < 4.78 is 12.1. The molecule has 4 heteroatoms. The molecule has 1 saturated heterocycles. The first kappa shape index (κ1) is 15.1. The first-order chi connectivity index (χ1) is 9.36. The van der Waals surface area contributed by atoms with E-state index in [2.05, 4.69) is 45.9 Å². The summed E-state index contributed by atoms with van der Waals surface area (Å²) in [7, 11) is -0.251. The van der Waals surface area contributed by atoms with Gasteiger partial charge in [-0.2, -0.15) is 5.26 Å². The fourth-order valence-electron chi connectivity index (χ4n) is 2.47. The minimum Gasteiger partial charge on any atom is -0.403 e. The molecule has 0 saturated carbocycles. The molecule has 1 atom stereocenters. The average Bonchev–Trinajstić information content (AvgIpc) is 2.58. The van der Waals surface area contributed by atoms with Gasteiger partial charge in [0.25, 0.3) is 0 Å². The van der Waals surface area contributed by atoms with Crippen molar-refractivity contribution >= 4 is 7.12 Å². The molecule has 0 aliphatic carbocycles. The predicted molar refractivity (Wildman–Crippen MR) is 80.3 cm³/mol. The van der Waals surface area contributed by atoms with Gasteiger partial charge in [-0.25, -0.2) is 0 Å². The molecule has 0 spiro atoms. The van der Waals surface area contributed by atoms with Gasteiger partial charge in [0.2, 0.25) is 0 Å². The van der Waals surface area contributed by atoms with Crippen molar-refractivity contribution < 1.29 is 9.31 Å². The molecular weight excluding hydrogens is 249 g/mol. The molecule has 1 unspecified atom stereocenters. The monoisotopic (exact) mass is 271 g/mol. The van der Waals surface area contributed by atoms with E-state index >= 15 is 0 Å². The number of hydrogen-bond acceptors (Lipinski definition) is 3. The van der Waals surface area contributed by atoms with Gasteiger partial charge in [-0.15, -0.1) is 0 Å². The van der Waals surface area contributed by atoms with Crippen LogP contribution in [0, 0.1) is 11.3 Å². The highest BCUT2D eigenvalue weighted by Crippen LogP contribution is 2.40. The minimum atomic E-state index is -0.314. The standard InChI is InChI=1S/C16H22BNO2/c1-15(2)16(3,4)20-17(19-15)12-14(10-11-18)13-8-6-5-7-9-13/h5-9,14H,10,12H2,1-4H3. The summed E-state index contributed by atoms with van der Waals surface area (Å²) in [6, 6.07) is 12.4. The van der Waals surface area contributed by atoms with Crippen molar-refractivity contribution in [3.8, 4) is 6.07 Å². The highest BCUT2D eigenvalue weighted by molar-refractivity contribution is 6.45. The number of hydrogen-bond donors (Lipinski definition) is 0. The maximum Gasteiger partial charge on any atom is 0.458 e. The van der Waals surface area contributed by atoms with Gasteiger partial charge in [0.15, 0.2) is 0 Å². The molecular formula is C16H22BNO2. The smallest absolute Gasteiger partial charge is 0.403 e. The quantitative estimate of drug-likeness (QED) is 0.783. The van der Waals surface area contributed by atoms with Crippen LogP contribution in [0.3, 0.4) is 0 Å². The summed E-state index contributed by atoms with van der Waals surface area (Å²) in [5, 5.41) is 9.05. The molecule has 0 N–H and O–H groups in total. The van der Waals surface area contributed by atoms with Crippen LogP contribution in [0.1, 0.15) is 45.6 Å². The molecule has 2 rings (SSSR count). The summed E-state index contributed by atoms with van der Waals surface area (Å²) in [5.41, 5.74) is 0.542. The lowest BCUT2D eigenvalue weighted by Gasteiger charge is -2.32. The SMILES string of the molecule is CC1(C)OB(CC(CC#N)c2ccccc2)OC1(C)C. The molecule has 1 fully saturated rings. The molecule has 1 heterocycles. The van der Waals surface area contributed by atoms with Crippen molar-refractivity contribution in [2.75, 3.05) is 0 Å². The Hall–Kier alpha value is -1.31. The summed E-state index contributed by atoms with van der Waals surface area (Å²) in [4.78, 5) is 0. The van der Waals surface area contributed by atoms with Crippen LogP contribution in [-0.2, 0) is 9.31 Å². The van der Waals surface area contributed by atoms with Crippen molar-refractivity contribution in [1.82, 2.24) is 0 Å². The molecule has 3 nitrogen and oxygen atoms in total. The predicted octanol–water partition coefficient (Wildman–Crippen LogP) is 3.78. The van der Waals surface area contributed by atoms with Gasteiger partial charge in [0.1, 0.15) is 0 Å². The zero-order chi connectivity index (χ0) is 14.8. The molecule has 1 aromatic rings. The minimum absolute atomic E-state index is 0.149. The topological polar surface area (TPSA) is 42.2 Å². The van der Waals surface area contributed by atoms with E-state index in [9.17, 15) is 0 Å². The molecule has 106 valence electrons. The largest absolute Gasteiger partial charge is 0.458 e. The van der Waals surface area contributed by atoms with E-state index in [1.807, 2.05) is 18.2 Å². The van der Waals surface area contributed by atoms with Crippen molar-refractivity contribution in [2.24, 2.45) is 0 Å². The molecule has 0 aromatic heterocycles. The van der Waals surface area contributed by atoms with Crippen LogP contribution in [0.25, 0.3) is 0 Å². The van der Waals surface area contributed by atoms with Crippen molar-refractivity contribution in [1.29, 1.82) is 5.26 Å². The zero-order valence-electron chi connectivity index (χ0n) is 12.7. The second-order valence-electron chi connectivity index (χ2n) is 6.39. The van der Waals surface area contributed by atoms with Crippen molar-refractivity contribution in [2.45, 2.75) is 57.6 Å². The Morgan fingerprint density at radius 1 is 1.10 bits per heavy atom. The lowest BCUT2D eigenvalue weighted by Crippen LogP contribution is -2.41. The molecule has 20 heavy (non-hydrogen) atoms. The third-order valence-corrected chi connectivity index (χ3v) is 4.39. The fraction of sp³-hybridized carbons (Fsp3) is 0.562. The van der Waals surface area contributed by atoms with E-state index in [0.717, 1.165) is 0 Å². The van der Waals surface area contributed by atoms with Crippen LogP contribution < -0.4 is 0 Å². The normalized spacial score (nSPS) is 21.4. The molecule has 1 aliphatic rings. The maximum absolute atomic E-state index is 9.05. The van der Waals surface area contributed by atoms with Gasteiger partial charge in [-0.3, -0.25) is 0 Å². The van der Waals surface area contributed by atoms with E-state index in [4.69, 9.17) is 14.6 Å². The number of rotatable bonds is 4. The summed E-state index contributed by atoms with van der Waals surface area (Å²) in [6.45, 7) is 8.20. The Morgan fingerprint density at radius 2 is 1.65 bits per heavy atom. The van der Waals surface area contributed by atoms with E-state index in [0.29, 0.717) is 12.7 Å². The van der Waals surface area contributed by atoms with E-state index in [-0.39, 0.29) is 24.2 Å². The van der Waals surface area contributed by atoms with Crippen molar-refractivity contribution in [3.05, 3.63) is 35.9 Å². The van der Waals surface area contributed by atoms with E-state index in [1.54, 1.807) is 0 Å². The lowest BCUT2D eigenvalue weighted by atomic mass is 9.74. The Kier molecular flexibility index (Phi) is 4.22. The second kappa shape index (κ2) is 5.59. The highest BCUT2D eigenvalue weighted by Gasteiger charge is 2.51. The molecule has 1 aromatic carbocycles. The van der Waals surface area contributed by atoms with Crippen molar-refractivity contribution in [3.63, 3.8) is 0 Å². The van der Waals surface area contributed by atoms with Crippen LogP contribution in [0.5, 0.6) is 0 Å². The van der Waals surface area contributed by atoms with E-state index in [1.165, 1.54) is 5.56 Å². The molecule has 0 radical (unpaired) electrons. The van der Waals surface area contributed by atoms with Gasteiger partial charge in [0.05, 0.1) is 17.3 Å². The molecule has 0 amide bonds. The maximum atomic E-state index is 9.05. The molecule has 1 aliphatic heterocycles. The van der Waals surface area contributed by atoms with Gasteiger partial charge in [-0.05, 0) is 45.5 Å². The second-order valence-corrected chi connectivity index (χ2v) is 6.39. The van der Waals surface area contributed by atoms with Crippen LogP contribution in [0.4, 0.5) is 0 Å². The lowest BCUT2D eigenvalue weighted by molar-refractivity contribution is 0.00578. The Balaban J connectivity index is 2.10. The van der Waals surface area contributed by atoms with Crippen LogP contribution in [0.15, 0.2) is 30.3 Å². The zero-order valence-corrected chi connectivity index (χ0v) is 12.7. The average molecular weight is 271 g/mol. The third kappa shape index (κ3) is 3.05. The summed E-state index contributed by atoms with van der Waals surface area (Å²) >= 11 is 0. The third-order valence-electron chi connectivity index (χ3n) is 4.39. The summed E-state index contributed by atoms with van der Waals surface area (Å²) in [5.74, 6) is 0.149. The van der Waals surface area contributed by atoms with E-state index < -0.39 is 0 Å².